The summed E-state index contributed by atoms with van der Waals surface area (Å²) in [6, 6.07) is 5.96. The van der Waals surface area contributed by atoms with Crippen LogP contribution in [0.5, 0.6) is 5.75 Å². The average Bonchev–Trinajstić information content (AvgIpc) is 2.84. The van der Waals surface area contributed by atoms with Crippen LogP contribution >= 0.6 is 23.1 Å². The van der Waals surface area contributed by atoms with Crippen LogP contribution in [0, 0.1) is 0 Å². The van der Waals surface area contributed by atoms with Crippen LogP contribution in [0.25, 0.3) is 0 Å². The van der Waals surface area contributed by atoms with Crippen LogP contribution in [0.15, 0.2) is 28.6 Å². The number of halogens is 2. The lowest BCUT2D eigenvalue weighted by Crippen LogP contribution is -2.15. The third-order valence-electron chi connectivity index (χ3n) is 2.13. The second kappa shape index (κ2) is 7.18. The Morgan fingerprint density at radius 2 is 2.19 bits per heavy atom. The van der Waals surface area contributed by atoms with Crippen molar-refractivity contribution in [2.75, 3.05) is 16.8 Å². The molecule has 0 radical (unpaired) electrons. The molecule has 21 heavy (non-hydrogen) atoms. The molecule has 0 spiro atoms. The molecule has 10 heteroatoms. The zero-order chi connectivity index (χ0) is 15.2. The quantitative estimate of drug-likeness (QED) is 0.790. The van der Waals surface area contributed by atoms with Crippen LogP contribution in [0.1, 0.15) is 0 Å². The molecule has 1 aromatic heterocycles. The maximum atomic E-state index is 12.2. The highest BCUT2D eigenvalue weighted by atomic mass is 32.2. The highest BCUT2D eigenvalue weighted by molar-refractivity contribution is 8.01. The van der Waals surface area contributed by atoms with E-state index in [4.69, 9.17) is 5.73 Å². The van der Waals surface area contributed by atoms with Gasteiger partial charge >= 0.3 is 6.61 Å². The lowest BCUT2D eigenvalue weighted by Gasteiger charge is -2.11. The number of carbonyl (C=O) groups is 1. The number of benzene rings is 1. The number of thioether (sulfide) groups is 1. The molecular formula is C11H10F2N4O2S2. The summed E-state index contributed by atoms with van der Waals surface area (Å²) in [7, 11) is 0. The second-order valence-corrected chi connectivity index (χ2v) is 5.85. The van der Waals surface area contributed by atoms with Crippen molar-refractivity contribution < 1.29 is 18.3 Å². The fraction of sp³-hybridized carbons (Fsp3) is 0.182. The molecule has 0 aliphatic heterocycles. The van der Waals surface area contributed by atoms with Crippen LogP contribution in [-0.2, 0) is 4.79 Å². The summed E-state index contributed by atoms with van der Waals surface area (Å²) in [5, 5.41) is 10.2. The molecule has 6 nitrogen and oxygen atoms in total. The van der Waals surface area contributed by atoms with E-state index >= 15 is 0 Å². The lowest BCUT2D eigenvalue weighted by molar-refractivity contribution is -0.113. The van der Waals surface area contributed by atoms with Crippen LogP contribution < -0.4 is 15.8 Å². The van der Waals surface area contributed by atoms with Gasteiger partial charge in [0.1, 0.15) is 5.75 Å². The first kappa shape index (κ1) is 15.4. The lowest BCUT2D eigenvalue weighted by atomic mass is 10.3. The maximum Gasteiger partial charge on any atom is 0.387 e. The van der Waals surface area contributed by atoms with E-state index in [0.717, 1.165) is 23.1 Å². The fourth-order valence-electron chi connectivity index (χ4n) is 1.36. The summed E-state index contributed by atoms with van der Waals surface area (Å²) in [6.45, 7) is -2.96. The van der Waals surface area contributed by atoms with Gasteiger partial charge in [-0.05, 0) is 12.1 Å². The number of aromatic nitrogens is 2. The van der Waals surface area contributed by atoms with Crippen molar-refractivity contribution in [2.45, 2.75) is 11.0 Å². The van der Waals surface area contributed by atoms with E-state index in [2.05, 4.69) is 20.3 Å². The summed E-state index contributed by atoms with van der Waals surface area (Å²) >= 11 is 2.31. The number of nitrogen functional groups attached to an aromatic ring is 1. The van der Waals surface area contributed by atoms with Crippen molar-refractivity contribution in [3.8, 4) is 5.75 Å². The van der Waals surface area contributed by atoms with Crippen LogP contribution in [0.4, 0.5) is 19.6 Å². The molecule has 1 aromatic carbocycles. The van der Waals surface area contributed by atoms with Crippen molar-refractivity contribution in [3.63, 3.8) is 0 Å². The van der Waals surface area contributed by atoms with Gasteiger partial charge in [-0.25, -0.2) is 0 Å². The number of nitrogens with two attached hydrogens (primary N) is 1. The Bertz CT molecular complexity index is 624. The summed E-state index contributed by atoms with van der Waals surface area (Å²) in [6.07, 6.45) is 0. The fourth-order valence-corrected chi connectivity index (χ4v) is 2.80. The third-order valence-corrected chi connectivity index (χ3v) is 4.01. The van der Waals surface area contributed by atoms with E-state index in [-0.39, 0.29) is 23.1 Å². The molecule has 0 fully saturated rings. The number of anilines is 2. The first-order valence-electron chi connectivity index (χ1n) is 5.60. The van der Waals surface area contributed by atoms with Gasteiger partial charge in [0.05, 0.1) is 11.4 Å². The molecule has 2 aromatic rings. The van der Waals surface area contributed by atoms with Crippen molar-refractivity contribution in [3.05, 3.63) is 24.3 Å². The van der Waals surface area contributed by atoms with Crippen molar-refractivity contribution >= 4 is 39.8 Å². The average molecular weight is 332 g/mol. The van der Waals surface area contributed by atoms with E-state index < -0.39 is 6.61 Å². The van der Waals surface area contributed by atoms with Crippen LogP contribution in [-0.4, -0.2) is 28.5 Å². The minimum Gasteiger partial charge on any atom is -0.433 e. The first-order valence-corrected chi connectivity index (χ1v) is 7.40. The van der Waals surface area contributed by atoms with Crippen molar-refractivity contribution in [1.82, 2.24) is 10.2 Å². The van der Waals surface area contributed by atoms with Gasteiger partial charge in [0.15, 0.2) is 4.34 Å². The minimum absolute atomic E-state index is 0.0532. The molecule has 1 heterocycles. The van der Waals surface area contributed by atoms with E-state index in [0.29, 0.717) is 9.47 Å². The Kier molecular flexibility index (Phi) is 5.28. The Hall–Kier alpha value is -1.94. The third kappa shape index (κ3) is 4.83. The molecule has 0 aliphatic carbocycles. The van der Waals surface area contributed by atoms with Gasteiger partial charge in [0.25, 0.3) is 0 Å². The van der Waals surface area contributed by atoms with Gasteiger partial charge in [-0.2, -0.15) is 8.78 Å². The van der Waals surface area contributed by atoms with Gasteiger partial charge < -0.3 is 15.8 Å². The number of amides is 1. The predicted molar refractivity (Wildman–Crippen MR) is 76.7 cm³/mol. The Balaban J connectivity index is 1.93. The zero-order valence-corrected chi connectivity index (χ0v) is 12.1. The Morgan fingerprint density at radius 1 is 1.43 bits per heavy atom. The maximum absolute atomic E-state index is 12.2. The summed E-state index contributed by atoms with van der Waals surface area (Å²) < 4.78 is 29.4. The van der Waals surface area contributed by atoms with Crippen LogP contribution in [0.2, 0.25) is 0 Å². The van der Waals surface area contributed by atoms with E-state index in [9.17, 15) is 13.6 Å². The summed E-state index contributed by atoms with van der Waals surface area (Å²) in [5.74, 6) is -0.414. The van der Waals surface area contributed by atoms with Crippen LogP contribution in [0.3, 0.4) is 0 Å². The smallest absolute Gasteiger partial charge is 0.387 e. The minimum atomic E-state index is -2.96. The number of nitrogens with zero attached hydrogens (tertiary/aromatic N) is 2. The van der Waals surface area contributed by atoms with E-state index in [1.54, 1.807) is 6.07 Å². The Morgan fingerprint density at radius 3 is 2.86 bits per heavy atom. The van der Waals surface area contributed by atoms with E-state index in [1.807, 2.05) is 0 Å². The predicted octanol–water partition coefficient (Wildman–Crippen LogP) is 2.45. The number of para-hydroxylation sites is 2. The molecular weight excluding hydrogens is 322 g/mol. The number of nitrogens with one attached hydrogen (secondary N) is 1. The molecule has 0 bridgehead atoms. The Labute approximate surface area is 126 Å². The second-order valence-electron chi connectivity index (χ2n) is 3.62. The number of alkyl halides is 2. The number of hydrogen-bond acceptors (Lipinski definition) is 7. The molecule has 3 N–H and O–H groups in total. The highest BCUT2D eigenvalue weighted by Gasteiger charge is 2.12. The molecule has 0 unspecified atom stereocenters. The number of hydrogen-bond donors (Lipinski definition) is 2. The van der Waals surface area contributed by atoms with Crippen molar-refractivity contribution in [1.29, 1.82) is 0 Å². The summed E-state index contributed by atoms with van der Waals surface area (Å²) in [4.78, 5) is 11.8. The molecule has 0 aliphatic rings. The number of rotatable bonds is 6. The number of ether oxygens (including phenoxy) is 1. The van der Waals surface area contributed by atoms with Gasteiger partial charge in [-0.15, -0.1) is 10.2 Å². The topological polar surface area (TPSA) is 90.1 Å². The number of carbonyl (C=O) groups excluding carboxylic acids is 1. The first-order chi connectivity index (χ1) is 10.0. The van der Waals surface area contributed by atoms with E-state index in [1.165, 1.54) is 18.2 Å². The van der Waals surface area contributed by atoms with Gasteiger partial charge in [-0.1, -0.05) is 35.2 Å². The monoisotopic (exact) mass is 332 g/mol. The summed E-state index contributed by atoms with van der Waals surface area (Å²) in [5.41, 5.74) is 5.60. The largest absolute Gasteiger partial charge is 0.433 e. The molecule has 0 saturated carbocycles. The van der Waals surface area contributed by atoms with Gasteiger partial charge in [0.2, 0.25) is 11.0 Å². The normalized spacial score (nSPS) is 10.6. The standard InChI is InChI=1S/C11H10F2N4O2S2/c12-9(13)19-7-4-2-1-3-6(7)15-8(18)5-20-11-17-16-10(14)21-11/h1-4,9H,5H2,(H2,14,16)(H,15,18). The zero-order valence-electron chi connectivity index (χ0n) is 10.5. The molecule has 112 valence electrons. The van der Waals surface area contributed by atoms with Crippen molar-refractivity contribution in [2.24, 2.45) is 0 Å². The highest BCUT2D eigenvalue weighted by Crippen LogP contribution is 2.27. The molecule has 0 atom stereocenters. The van der Waals surface area contributed by atoms with Gasteiger partial charge in [-0.3, -0.25) is 4.79 Å². The molecule has 1 amide bonds. The molecule has 2 rings (SSSR count). The SMILES string of the molecule is Nc1nnc(SCC(=O)Nc2ccccc2OC(F)F)s1. The molecule has 0 saturated heterocycles. The van der Waals surface area contributed by atoms with Gasteiger partial charge in [0, 0.05) is 0 Å².